The minimum atomic E-state index is 0.671. The fourth-order valence-electron chi connectivity index (χ4n) is 2.34. The number of ether oxygens (including phenoxy) is 1. The van der Waals surface area contributed by atoms with Crippen molar-refractivity contribution < 1.29 is 4.74 Å². The molecule has 106 valence electrons. The molecule has 0 heterocycles. The smallest absolute Gasteiger partial charge is 0.0713 e. The quantitative estimate of drug-likeness (QED) is 0.862. The number of aryl methyl sites for hydroxylation is 1. The Morgan fingerprint density at radius 2 is 1.70 bits per heavy atom. The van der Waals surface area contributed by atoms with Crippen LogP contribution in [0.4, 0.5) is 0 Å². The largest absolute Gasteiger partial charge is 0.380 e. The molecule has 0 atom stereocenters. The average Bonchev–Trinajstić information content (AvgIpc) is 2.44. The molecule has 2 rings (SSSR count). The number of methoxy groups -OCH3 is 1. The number of hydrogen-bond donors (Lipinski definition) is 1. The van der Waals surface area contributed by atoms with Gasteiger partial charge in [-0.3, -0.25) is 0 Å². The summed E-state index contributed by atoms with van der Waals surface area (Å²) in [5.74, 6) is 0. The van der Waals surface area contributed by atoms with Crippen LogP contribution in [0, 0.1) is 13.8 Å². The topological polar surface area (TPSA) is 21.3 Å². The van der Waals surface area contributed by atoms with Crippen molar-refractivity contribution in [3.05, 3.63) is 70.3 Å². The molecule has 0 aliphatic carbocycles. The Labute approximate surface area is 121 Å². The van der Waals surface area contributed by atoms with E-state index in [4.69, 9.17) is 4.74 Å². The molecule has 2 nitrogen and oxygen atoms in total. The summed E-state index contributed by atoms with van der Waals surface area (Å²) in [5.41, 5.74) is 6.63. The molecule has 0 radical (unpaired) electrons. The third-order valence-electron chi connectivity index (χ3n) is 3.66. The third-order valence-corrected chi connectivity index (χ3v) is 3.66. The average molecular weight is 269 g/mol. The minimum Gasteiger partial charge on any atom is -0.380 e. The molecular formula is C18H23NO. The maximum Gasteiger partial charge on any atom is 0.0713 e. The van der Waals surface area contributed by atoms with Gasteiger partial charge in [-0.25, -0.2) is 0 Å². The first-order valence-electron chi connectivity index (χ1n) is 7.03. The first-order chi connectivity index (χ1) is 9.70. The molecule has 2 aromatic carbocycles. The molecule has 20 heavy (non-hydrogen) atoms. The van der Waals surface area contributed by atoms with E-state index in [9.17, 15) is 0 Å². The zero-order chi connectivity index (χ0) is 14.4. The minimum absolute atomic E-state index is 0.671. The molecule has 0 spiro atoms. The van der Waals surface area contributed by atoms with Gasteiger partial charge in [-0.15, -0.1) is 0 Å². The lowest BCUT2D eigenvalue weighted by molar-refractivity contribution is 0.185. The van der Waals surface area contributed by atoms with Crippen LogP contribution in [0.5, 0.6) is 0 Å². The van der Waals surface area contributed by atoms with E-state index in [-0.39, 0.29) is 0 Å². The van der Waals surface area contributed by atoms with Crippen molar-refractivity contribution in [2.45, 2.75) is 33.5 Å². The van der Waals surface area contributed by atoms with E-state index in [1.807, 2.05) is 0 Å². The Hall–Kier alpha value is -1.64. The Balaban J connectivity index is 1.92. The summed E-state index contributed by atoms with van der Waals surface area (Å²) in [4.78, 5) is 0. The van der Waals surface area contributed by atoms with Crippen molar-refractivity contribution in [1.82, 2.24) is 5.32 Å². The first-order valence-corrected chi connectivity index (χ1v) is 7.03. The lowest BCUT2D eigenvalue weighted by Gasteiger charge is -2.10. The van der Waals surface area contributed by atoms with Gasteiger partial charge < -0.3 is 10.1 Å². The SMILES string of the molecule is COCc1cccc(CNCc2cccc(C)c2C)c1. The van der Waals surface area contributed by atoms with Crippen LogP contribution in [0.1, 0.15) is 27.8 Å². The van der Waals surface area contributed by atoms with E-state index in [2.05, 4.69) is 61.6 Å². The fraction of sp³-hybridized carbons (Fsp3) is 0.333. The highest BCUT2D eigenvalue weighted by Gasteiger charge is 2.01. The van der Waals surface area contributed by atoms with Crippen LogP contribution in [0.2, 0.25) is 0 Å². The Kier molecular flexibility index (Phi) is 5.33. The standard InChI is InChI=1S/C18H23NO/c1-14-6-4-9-18(15(14)2)12-19-11-16-7-5-8-17(10-16)13-20-3/h4-10,19H,11-13H2,1-3H3. The summed E-state index contributed by atoms with van der Waals surface area (Å²) in [5, 5.41) is 3.51. The summed E-state index contributed by atoms with van der Waals surface area (Å²) in [7, 11) is 1.73. The number of rotatable bonds is 6. The van der Waals surface area contributed by atoms with Gasteiger partial charge >= 0.3 is 0 Å². The molecule has 0 saturated heterocycles. The summed E-state index contributed by atoms with van der Waals surface area (Å²) >= 11 is 0. The van der Waals surface area contributed by atoms with Crippen LogP contribution in [0.3, 0.4) is 0 Å². The number of nitrogens with one attached hydrogen (secondary N) is 1. The second-order valence-electron chi connectivity index (χ2n) is 5.22. The lowest BCUT2D eigenvalue weighted by atomic mass is 10.0. The normalized spacial score (nSPS) is 10.8. The maximum atomic E-state index is 5.17. The van der Waals surface area contributed by atoms with Crippen molar-refractivity contribution in [3.8, 4) is 0 Å². The highest BCUT2D eigenvalue weighted by molar-refractivity contribution is 5.33. The van der Waals surface area contributed by atoms with Gasteiger partial charge in [-0.1, -0.05) is 42.5 Å². The molecule has 1 N–H and O–H groups in total. The highest BCUT2D eigenvalue weighted by atomic mass is 16.5. The van der Waals surface area contributed by atoms with Crippen molar-refractivity contribution in [1.29, 1.82) is 0 Å². The zero-order valence-corrected chi connectivity index (χ0v) is 12.6. The molecule has 0 aliphatic heterocycles. The van der Waals surface area contributed by atoms with Crippen LogP contribution in [-0.2, 0) is 24.4 Å². The third kappa shape index (κ3) is 3.92. The van der Waals surface area contributed by atoms with E-state index >= 15 is 0 Å². The van der Waals surface area contributed by atoms with Gasteiger partial charge in [0.15, 0.2) is 0 Å². The molecule has 0 unspecified atom stereocenters. The number of hydrogen-bond acceptors (Lipinski definition) is 2. The molecule has 2 aromatic rings. The molecule has 2 heteroatoms. The van der Waals surface area contributed by atoms with Crippen LogP contribution >= 0.6 is 0 Å². The summed E-state index contributed by atoms with van der Waals surface area (Å²) in [6.07, 6.45) is 0. The molecule has 0 aromatic heterocycles. The van der Waals surface area contributed by atoms with Crippen LogP contribution in [0.15, 0.2) is 42.5 Å². The summed E-state index contributed by atoms with van der Waals surface area (Å²) in [6, 6.07) is 15.0. The summed E-state index contributed by atoms with van der Waals surface area (Å²) < 4.78 is 5.17. The van der Waals surface area contributed by atoms with E-state index in [0.29, 0.717) is 6.61 Å². The number of benzene rings is 2. The Bertz CT molecular complexity index is 563. The van der Waals surface area contributed by atoms with Gasteiger partial charge in [0.2, 0.25) is 0 Å². The predicted molar refractivity (Wildman–Crippen MR) is 83.6 cm³/mol. The van der Waals surface area contributed by atoms with Gasteiger partial charge in [0.05, 0.1) is 6.61 Å². The molecule has 0 saturated carbocycles. The molecule has 0 aliphatic rings. The van der Waals surface area contributed by atoms with Gasteiger partial charge in [-0.2, -0.15) is 0 Å². The van der Waals surface area contributed by atoms with Crippen molar-refractivity contribution >= 4 is 0 Å². The van der Waals surface area contributed by atoms with Gasteiger partial charge in [0.25, 0.3) is 0 Å². The second-order valence-corrected chi connectivity index (χ2v) is 5.22. The maximum absolute atomic E-state index is 5.17. The van der Waals surface area contributed by atoms with Gasteiger partial charge in [0.1, 0.15) is 0 Å². The van der Waals surface area contributed by atoms with E-state index < -0.39 is 0 Å². The van der Waals surface area contributed by atoms with Crippen molar-refractivity contribution in [2.75, 3.05) is 7.11 Å². The fourth-order valence-corrected chi connectivity index (χ4v) is 2.34. The van der Waals surface area contributed by atoms with Crippen LogP contribution in [-0.4, -0.2) is 7.11 Å². The predicted octanol–water partition coefficient (Wildman–Crippen LogP) is 3.74. The highest BCUT2D eigenvalue weighted by Crippen LogP contribution is 2.13. The summed E-state index contributed by atoms with van der Waals surface area (Å²) in [6.45, 7) is 6.80. The van der Waals surface area contributed by atoms with Crippen molar-refractivity contribution in [2.24, 2.45) is 0 Å². The van der Waals surface area contributed by atoms with Crippen molar-refractivity contribution in [3.63, 3.8) is 0 Å². The second kappa shape index (κ2) is 7.22. The Morgan fingerprint density at radius 1 is 0.950 bits per heavy atom. The molecule has 0 bridgehead atoms. The molecular weight excluding hydrogens is 246 g/mol. The van der Waals surface area contributed by atoms with E-state index in [0.717, 1.165) is 13.1 Å². The van der Waals surface area contributed by atoms with Crippen LogP contribution < -0.4 is 5.32 Å². The Morgan fingerprint density at radius 3 is 2.50 bits per heavy atom. The van der Waals surface area contributed by atoms with E-state index in [1.165, 1.54) is 27.8 Å². The molecule has 0 amide bonds. The monoisotopic (exact) mass is 269 g/mol. The van der Waals surface area contributed by atoms with Gasteiger partial charge in [-0.05, 0) is 41.7 Å². The lowest BCUT2D eigenvalue weighted by Crippen LogP contribution is -2.14. The van der Waals surface area contributed by atoms with Crippen LogP contribution in [0.25, 0.3) is 0 Å². The van der Waals surface area contributed by atoms with E-state index in [1.54, 1.807) is 7.11 Å². The zero-order valence-electron chi connectivity index (χ0n) is 12.6. The molecule has 0 fully saturated rings. The first kappa shape index (κ1) is 14.8. The van der Waals surface area contributed by atoms with Gasteiger partial charge in [0, 0.05) is 20.2 Å².